The number of hydrogen-bond acceptors (Lipinski definition) is 3. The molecule has 66 valence electrons. The van der Waals surface area contributed by atoms with Crippen molar-refractivity contribution in [3.8, 4) is 0 Å². The Kier molecular flexibility index (Phi) is 2.38. The lowest BCUT2D eigenvalue weighted by Gasteiger charge is -2.13. The molecule has 4 nitrogen and oxygen atoms in total. The van der Waals surface area contributed by atoms with Gasteiger partial charge in [0, 0.05) is 26.8 Å². The summed E-state index contributed by atoms with van der Waals surface area (Å²) in [5.41, 5.74) is 6.41. The lowest BCUT2D eigenvalue weighted by molar-refractivity contribution is 0.759. The van der Waals surface area contributed by atoms with Crippen LogP contribution in [0.1, 0.15) is 0 Å². The van der Waals surface area contributed by atoms with Gasteiger partial charge < -0.3 is 10.6 Å². The average molecular weight is 166 g/mol. The summed E-state index contributed by atoms with van der Waals surface area (Å²) in [6.07, 6.45) is 3.60. The normalized spacial score (nSPS) is 9.83. The molecule has 0 aliphatic rings. The van der Waals surface area contributed by atoms with E-state index in [9.17, 15) is 0 Å². The molecule has 0 aliphatic heterocycles. The Labute approximate surface area is 72.3 Å². The zero-order chi connectivity index (χ0) is 9.14. The summed E-state index contributed by atoms with van der Waals surface area (Å²) < 4.78 is 1.70. The number of likely N-dealkylation sites (N-methyl/N-ethyl adjacent to an activating group) is 1. The maximum atomic E-state index is 5.71. The van der Waals surface area contributed by atoms with Crippen molar-refractivity contribution in [3.63, 3.8) is 0 Å². The Morgan fingerprint density at radius 3 is 2.92 bits per heavy atom. The van der Waals surface area contributed by atoms with Gasteiger partial charge in [-0.2, -0.15) is 5.10 Å². The second kappa shape index (κ2) is 3.30. The van der Waals surface area contributed by atoms with Crippen LogP contribution in [0.5, 0.6) is 0 Å². The minimum Gasteiger partial charge on any atom is -0.394 e. The third-order valence-corrected chi connectivity index (χ3v) is 1.60. The van der Waals surface area contributed by atoms with Crippen LogP contribution in [-0.2, 0) is 7.05 Å². The first-order valence-electron chi connectivity index (χ1n) is 3.76. The summed E-state index contributed by atoms with van der Waals surface area (Å²) >= 11 is 0. The Bertz CT molecular complexity index is 277. The first-order valence-corrected chi connectivity index (χ1v) is 3.76. The summed E-state index contributed by atoms with van der Waals surface area (Å²) in [7, 11) is 3.78. The molecule has 0 aliphatic carbocycles. The van der Waals surface area contributed by atoms with Crippen LogP contribution in [0, 0.1) is 0 Å². The lowest BCUT2D eigenvalue weighted by atomic mass is 10.4. The highest BCUT2D eigenvalue weighted by Gasteiger charge is 2.07. The Hall–Kier alpha value is -1.45. The van der Waals surface area contributed by atoms with Gasteiger partial charge in [0.15, 0.2) is 5.82 Å². The highest BCUT2D eigenvalue weighted by molar-refractivity contribution is 5.61. The minimum absolute atomic E-state index is 0.696. The number of aryl methyl sites for hydroxylation is 1. The average Bonchev–Trinajstić information content (AvgIpc) is 2.30. The maximum absolute atomic E-state index is 5.71. The van der Waals surface area contributed by atoms with Crippen molar-refractivity contribution in [3.05, 3.63) is 18.9 Å². The number of aromatic nitrogens is 2. The summed E-state index contributed by atoms with van der Waals surface area (Å²) in [6.45, 7) is 4.40. The quantitative estimate of drug-likeness (QED) is 0.670. The molecule has 0 bridgehead atoms. The fourth-order valence-electron chi connectivity index (χ4n) is 1.07. The number of nitrogen functional groups attached to an aromatic ring is 1. The SMILES string of the molecule is C=CCN(C)c1nn(C)cc1N. The van der Waals surface area contributed by atoms with E-state index in [1.54, 1.807) is 10.9 Å². The van der Waals surface area contributed by atoms with Gasteiger partial charge in [0.25, 0.3) is 0 Å². The number of nitrogens with two attached hydrogens (primary N) is 1. The molecule has 0 saturated heterocycles. The Morgan fingerprint density at radius 2 is 2.50 bits per heavy atom. The van der Waals surface area contributed by atoms with Crippen molar-refractivity contribution in [2.75, 3.05) is 24.2 Å². The van der Waals surface area contributed by atoms with E-state index in [1.165, 1.54) is 0 Å². The fourth-order valence-corrected chi connectivity index (χ4v) is 1.07. The van der Waals surface area contributed by atoms with Gasteiger partial charge in [-0.05, 0) is 0 Å². The Morgan fingerprint density at radius 1 is 1.83 bits per heavy atom. The van der Waals surface area contributed by atoms with Gasteiger partial charge in [0.1, 0.15) is 0 Å². The zero-order valence-corrected chi connectivity index (χ0v) is 7.49. The lowest BCUT2D eigenvalue weighted by Crippen LogP contribution is -2.18. The second-order valence-electron chi connectivity index (χ2n) is 2.75. The molecule has 2 N–H and O–H groups in total. The van der Waals surface area contributed by atoms with Crippen LogP contribution in [0.3, 0.4) is 0 Å². The summed E-state index contributed by atoms with van der Waals surface area (Å²) in [5.74, 6) is 0.803. The first kappa shape index (κ1) is 8.64. The molecule has 1 aromatic heterocycles. The van der Waals surface area contributed by atoms with Crippen molar-refractivity contribution in [1.29, 1.82) is 0 Å². The molecule has 0 spiro atoms. The van der Waals surface area contributed by atoms with E-state index in [2.05, 4.69) is 11.7 Å². The van der Waals surface area contributed by atoms with Crippen LogP contribution in [0.25, 0.3) is 0 Å². The molecule has 0 radical (unpaired) electrons. The third kappa shape index (κ3) is 1.58. The highest BCUT2D eigenvalue weighted by Crippen LogP contribution is 2.17. The predicted octanol–water partition coefficient (Wildman–Crippen LogP) is 0.624. The molecular formula is C8H14N4. The van der Waals surface area contributed by atoms with E-state index < -0.39 is 0 Å². The third-order valence-electron chi connectivity index (χ3n) is 1.60. The smallest absolute Gasteiger partial charge is 0.173 e. The van der Waals surface area contributed by atoms with Gasteiger partial charge in [0.05, 0.1) is 5.69 Å². The van der Waals surface area contributed by atoms with Gasteiger partial charge >= 0.3 is 0 Å². The molecule has 0 atom stereocenters. The summed E-state index contributed by atoms with van der Waals surface area (Å²) in [4.78, 5) is 1.95. The number of nitrogens with zero attached hydrogens (tertiary/aromatic N) is 3. The summed E-state index contributed by atoms with van der Waals surface area (Å²) in [5, 5.41) is 4.20. The van der Waals surface area contributed by atoms with E-state index in [4.69, 9.17) is 5.73 Å². The molecule has 4 heteroatoms. The molecule has 0 amide bonds. The maximum Gasteiger partial charge on any atom is 0.173 e. The van der Waals surface area contributed by atoms with Crippen LogP contribution in [0.15, 0.2) is 18.9 Å². The molecule has 0 aromatic carbocycles. The fraction of sp³-hybridized carbons (Fsp3) is 0.375. The first-order chi connectivity index (χ1) is 5.65. The molecule has 0 fully saturated rings. The van der Waals surface area contributed by atoms with Gasteiger partial charge in [0.2, 0.25) is 0 Å². The monoisotopic (exact) mass is 166 g/mol. The van der Waals surface area contributed by atoms with Crippen molar-refractivity contribution >= 4 is 11.5 Å². The Balaban J connectivity index is 2.85. The molecule has 1 rings (SSSR count). The van der Waals surface area contributed by atoms with Crippen LogP contribution < -0.4 is 10.6 Å². The van der Waals surface area contributed by atoms with Crippen LogP contribution in [0.4, 0.5) is 11.5 Å². The number of rotatable bonds is 3. The van der Waals surface area contributed by atoms with Crippen molar-refractivity contribution in [2.45, 2.75) is 0 Å². The van der Waals surface area contributed by atoms with Gasteiger partial charge in [-0.1, -0.05) is 6.08 Å². The standard InChI is InChI=1S/C8H14N4/c1-4-5-11(2)8-7(9)6-12(3)10-8/h4,6H,1,5,9H2,2-3H3. The van der Waals surface area contributed by atoms with Crippen LogP contribution in [-0.4, -0.2) is 23.4 Å². The van der Waals surface area contributed by atoms with E-state index in [-0.39, 0.29) is 0 Å². The largest absolute Gasteiger partial charge is 0.394 e. The van der Waals surface area contributed by atoms with E-state index >= 15 is 0 Å². The van der Waals surface area contributed by atoms with Crippen molar-refractivity contribution < 1.29 is 0 Å². The summed E-state index contributed by atoms with van der Waals surface area (Å²) in [6, 6.07) is 0. The highest BCUT2D eigenvalue weighted by atomic mass is 15.3. The van der Waals surface area contributed by atoms with Crippen LogP contribution >= 0.6 is 0 Å². The molecule has 1 heterocycles. The molecule has 0 saturated carbocycles. The topological polar surface area (TPSA) is 47.1 Å². The minimum atomic E-state index is 0.696. The zero-order valence-electron chi connectivity index (χ0n) is 7.49. The molecular weight excluding hydrogens is 152 g/mol. The molecule has 0 unspecified atom stereocenters. The van der Waals surface area contributed by atoms with Crippen molar-refractivity contribution in [1.82, 2.24) is 9.78 Å². The number of hydrogen-bond donors (Lipinski definition) is 1. The molecule has 1 aromatic rings. The second-order valence-corrected chi connectivity index (χ2v) is 2.75. The number of anilines is 2. The van der Waals surface area contributed by atoms with E-state index in [1.807, 2.05) is 25.1 Å². The van der Waals surface area contributed by atoms with Crippen molar-refractivity contribution in [2.24, 2.45) is 7.05 Å². The van der Waals surface area contributed by atoms with E-state index in [0.717, 1.165) is 12.4 Å². The van der Waals surface area contributed by atoms with E-state index in [0.29, 0.717) is 5.69 Å². The van der Waals surface area contributed by atoms with Gasteiger partial charge in [-0.15, -0.1) is 6.58 Å². The van der Waals surface area contributed by atoms with Gasteiger partial charge in [-0.25, -0.2) is 0 Å². The molecule has 12 heavy (non-hydrogen) atoms. The van der Waals surface area contributed by atoms with Gasteiger partial charge in [-0.3, -0.25) is 4.68 Å². The predicted molar refractivity (Wildman–Crippen MR) is 51.1 cm³/mol. The van der Waals surface area contributed by atoms with Crippen LogP contribution in [0.2, 0.25) is 0 Å².